The van der Waals surface area contributed by atoms with Gasteiger partial charge in [0.15, 0.2) is 11.5 Å². The quantitative estimate of drug-likeness (QED) is 0.789. The highest BCUT2D eigenvalue weighted by atomic mass is 19.3. The summed E-state index contributed by atoms with van der Waals surface area (Å²) in [6.45, 7) is -0.956. The Hall–Kier alpha value is -2.44. The fourth-order valence-electron chi connectivity index (χ4n) is 1.51. The summed E-state index contributed by atoms with van der Waals surface area (Å²) in [5.41, 5.74) is 0.629. The van der Waals surface area contributed by atoms with E-state index >= 15 is 0 Å². The van der Waals surface area contributed by atoms with Gasteiger partial charge in [0.2, 0.25) is 0 Å². The predicted molar refractivity (Wildman–Crippen MR) is 64.5 cm³/mol. The van der Waals surface area contributed by atoms with Gasteiger partial charge >= 0.3 is 12.6 Å². The van der Waals surface area contributed by atoms with Crippen LogP contribution < -0.4 is 4.74 Å². The fraction of sp³-hybridized carbons (Fsp3) is 0.231. The van der Waals surface area contributed by atoms with Crippen molar-refractivity contribution in [2.45, 2.75) is 13.5 Å². The third-order valence-electron chi connectivity index (χ3n) is 2.36. The number of aromatic nitrogens is 1. The van der Waals surface area contributed by atoms with Gasteiger partial charge in [0, 0.05) is 11.6 Å². The molecule has 1 heterocycles. The molecule has 5 nitrogen and oxygen atoms in total. The number of benzene rings is 1. The third kappa shape index (κ3) is 3.31. The topological polar surface area (TPSA) is 61.6 Å². The zero-order chi connectivity index (χ0) is 14.5. The molecule has 0 saturated carbocycles. The van der Waals surface area contributed by atoms with Crippen molar-refractivity contribution in [2.24, 2.45) is 0 Å². The van der Waals surface area contributed by atoms with Crippen LogP contribution in [0.15, 0.2) is 34.9 Å². The third-order valence-corrected chi connectivity index (χ3v) is 2.36. The van der Waals surface area contributed by atoms with Crippen molar-refractivity contribution in [1.82, 2.24) is 5.16 Å². The van der Waals surface area contributed by atoms with Crippen LogP contribution in [0.5, 0.6) is 5.75 Å². The number of hydrogen-bond acceptors (Lipinski definition) is 5. The number of alkyl halides is 2. The summed E-state index contributed by atoms with van der Waals surface area (Å²) in [6.07, 6.45) is 0. The Morgan fingerprint density at radius 1 is 1.35 bits per heavy atom. The number of carbonyl (C=O) groups excluding carboxylic acids is 1. The summed E-state index contributed by atoms with van der Waals surface area (Å²) in [5, 5.41) is 3.58. The van der Waals surface area contributed by atoms with Crippen LogP contribution in [0, 0.1) is 0 Å². The molecule has 106 valence electrons. The second-order valence-electron chi connectivity index (χ2n) is 3.70. The Morgan fingerprint density at radius 3 is 2.65 bits per heavy atom. The lowest BCUT2D eigenvalue weighted by atomic mass is 10.1. The van der Waals surface area contributed by atoms with E-state index in [4.69, 9.17) is 9.26 Å². The molecule has 0 unspecified atom stereocenters. The van der Waals surface area contributed by atoms with Gasteiger partial charge in [-0.1, -0.05) is 5.16 Å². The number of esters is 1. The molecule has 2 aromatic rings. The Morgan fingerprint density at radius 2 is 2.05 bits per heavy atom. The molecule has 0 bridgehead atoms. The van der Waals surface area contributed by atoms with Gasteiger partial charge in [0.05, 0.1) is 6.61 Å². The van der Waals surface area contributed by atoms with E-state index in [0.29, 0.717) is 11.3 Å². The van der Waals surface area contributed by atoms with E-state index < -0.39 is 12.6 Å². The van der Waals surface area contributed by atoms with Gasteiger partial charge in [-0.15, -0.1) is 0 Å². The minimum Gasteiger partial charge on any atom is -0.461 e. The highest BCUT2D eigenvalue weighted by Gasteiger charge is 2.14. The molecule has 20 heavy (non-hydrogen) atoms. The summed E-state index contributed by atoms with van der Waals surface area (Å²) in [4.78, 5) is 11.4. The monoisotopic (exact) mass is 283 g/mol. The number of halogens is 2. The molecular weight excluding hydrogens is 272 g/mol. The molecule has 0 spiro atoms. The maximum Gasteiger partial charge on any atom is 0.387 e. The SMILES string of the molecule is CCOC(=O)c1cc(-c2ccc(OC(F)F)cc2)on1. The van der Waals surface area contributed by atoms with E-state index in [9.17, 15) is 13.6 Å². The molecule has 0 aliphatic rings. The predicted octanol–water partition coefficient (Wildman–Crippen LogP) is 3.12. The first kappa shape index (κ1) is 14.0. The van der Waals surface area contributed by atoms with Crippen molar-refractivity contribution in [1.29, 1.82) is 0 Å². The van der Waals surface area contributed by atoms with Crippen LogP contribution >= 0.6 is 0 Å². The van der Waals surface area contributed by atoms with E-state index in [-0.39, 0.29) is 18.1 Å². The average molecular weight is 283 g/mol. The van der Waals surface area contributed by atoms with Crippen molar-refractivity contribution in [3.8, 4) is 17.1 Å². The minimum absolute atomic E-state index is 0.0360. The summed E-state index contributed by atoms with van der Waals surface area (Å²) in [6, 6.07) is 7.20. The number of hydrogen-bond donors (Lipinski definition) is 0. The van der Waals surface area contributed by atoms with Crippen LogP contribution in [0.25, 0.3) is 11.3 Å². The molecular formula is C13H11F2NO4. The molecule has 0 saturated heterocycles. The molecule has 7 heteroatoms. The molecule has 0 aliphatic heterocycles. The molecule has 0 radical (unpaired) electrons. The Balaban J connectivity index is 2.14. The maximum atomic E-state index is 12.0. The second kappa shape index (κ2) is 6.14. The van der Waals surface area contributed by atoms with Crippen LogP contribution in [-0.4, -0.2) is 24.3 Å². The second-order valence-corrected chi connectivity index (χ2v) is 3.70. The number of ether oxygens (including phenoxy) is 2. The first-order valence-corrected chi connectivity index (χ1v) is 5.79. The maximum absolute atomic E-state index is 12.0. The van der Waals surface area contributed by atoms with Crippen molar-refractivity contribution < 1.29 is 27.6 Å². The summed E-state index contributed by atoms with van der Waals surface area (Å²) >= 11 is 0. The normalized spacial score (nSPS) is 10.6. The largest absolute Gasteiger partial charge is 0.461 e. The highest BCUT2D eigenvalue weighted by Crippen LogP contribution is 2.24. The van der Waals surface area contributed by atoms with Crippen LogP contribution in [0.2, 0.25) is 0 Å². The van der Waals surface area contributed by atoms with Crippen molar-refractivity contribution in [3.63, 3.8) is 0 Å². The molecule has 0 N–H and O–H groups in total. The molecule has 0 amide bonds. The van der Waals surface area contributed by atoms with Crippen molar-refractivity contribution in [2.75, 3.05) is 6.61 Å². The van der Waals surface area contributed by atoms with Crippen LogP contribution in [0.3, 0.4) is 0 Å². The summed E-state index contributed by atoms with van der Waals surface area (Å²) < 4.78 is 38.0. The van der Waals surface area contributed by atoms with E-state index in [1.807, 2.05) is 0 Å². The Kier molecular flexibility index (Phi) is 4.29. The molecule has 0 atom stereocenters. The van der Waals surface area contributed by atoms with Gasteiger partial charge in [0.25, 0.3) is 0 Å². The Bertz CT molecular complexity index is 580. The van der Waals surface area contributed by atoms with Gasteiger partial charge in [-0.3, -0.25) is 0 Å². The van der Waals surface area contributed by atoms with E-state index in [1.165, 1.54) is 30.3 Å². The minimum atomic E-state index is -2.87. The van der Waals surface area contributed by atoms with E-state index in [0.717, 1.165) is 0 Å². The molecule has 0 aliphatic carbocycles. The zero-order valence-electron chi connectivity index (χ0n) is 10.5. The fourth-order valence-corrected chi connectivity index (χ4v) is 1.51. The molecule has 1 aromatic heterocycles. The first-order valence-electron chi connectivity index (χ1n) is 5.79. The van der Waals surface area contributed by atoms with Gasteiger partial charge in [-0.25, -0.2) is 4.79 Å². The average Bonchev–Trinajstić information content (AvgIpc) is 2.89. The van der Waals surface area contributed by atoms with E-state index in [1.54, 1.807) is 6.92 Å². The lowest BCUT2D eigenvalue weighted by molar-refractivity contribution is -0.0498. The van der Waals surface area contributed by atoms with E-state index in [2.05, 4.69) is 9.89 Å². The zero-order valence-corrected chi connectivity index (χ0v) is 10.5. The molecule has 1 aromatic carbocycles. The van der Waals surface area contributed by atoms with Gasteiger partial charge < -0.3 is 14.0 Å². The van der Waals surface area contributed by atoms with Crippen molar-refractivity contribution >= 4 is 5.97 Å². The highest BCUT2D eigenvalue weighted by molar-refractivity contribution is 5.88. The van der Waals surface area contributed by atoms with Gasteiger partial charge in [-0.05, 0) is 31.2 Å². The van der Waals surface area contributed by atoms with Crippen LogP contribution in [0.1, 0.15) is 17.4 Å². The smallest absolute Gasteiger partial charge is 0.387 e. The van der Waals surface area contributed by atoms with Crippen LogP contribution in [0.4, 0.5) is 8.78 Å². The van der Waals surface area contributed by atoms with Gasteiger partial charge in [0.1, 0.15) is 5.75 Å². The lowest BCUT2D eigenvalue weighted by Gasteiger charge is -2.03. The molecule has 0 fully saturated rings. The number of rotatable bonds is 5. The standard InChI is InChI=1S/C13H11F2NO4/c1-2-18-12(17)10-7-11(20-16-10)8-3-5-9(6-4-8)19-13(14)15/h3-7,13H,2H2,1H3. The summed E-state index contributed by atoms with van der Waals surface area (Å²) in [5.74, 6) is -0.217. The Labute approximate surface area is 113 Å². The van der Waals surface area contributed by atoms with Gasteiger partial charge in [-0.2, -0.15) is 8.78 Å². The lowest BCUT2D eigenvalue weighted by Crippen LogP contribution is -2.04. The number of carbonyl (C=O) groups is 1. The number of nitrogens with zero attached hydrogens (tertiary/aromatic N) is 1. The van der Waals surface area contributed by atoms with Crippen molar-refractivity contribution in [3.05, 3.63) is 36.0 Å². The molecule has 2 rings (SSSR count). The van der Waals surface area contributed by atoms with Crippen LogP contribution in [-0.2, 0) is 4.74 Å². The summed E-state index contributed by atoms with van der Waals surface area (Å²) in [7, 11) is 0. The first-order chi connectivity index (χ1) is 9.60.